The fraction of sp³-hybridized carbons (Fsp3) is 0.111. The number of rotatable bonds is 4. The van der Waals surface area contributed by atoms with E-state index in [1.54, 1.807) is 12.4 Å². The molecule has 1 aromatic heterocycles. The Morgan fingerprint density at radius 1 is 1.75 bits per heavy atom. The molecule has 0 aromatic carbocycles. The van der Waals surface area contributed by atoms with E-state index < -0.39 is 5.97 Å². The molecule has 0 saturated carbocycles. The second-order valence-electron chi connectivity index (χ2n) is 2.80. The van der Waals surface area contributed by atoms with Crippen molar-refractivity contribution in [3.8, 4) is 0 Å². The zero-order valence-electron chi connectivity index (χ0n) is 8.25. The van der Waals surface area contributed by atoms with Gasteiger partial charge in [-0.05, 0) is 22.0 Å². The molecule has 0 radical (unpaired) electrons. The first-order valence-electron chi connectivity index (χ1n) is 4.23. The first kappa shape index (κ1) is 13.4. The highest BCUT2D eigenvalue weighted by atomic mass is 79.9. The normalized spacial score (nSPS) is 12.2. The van der Waals surface area contributed by atoms with Gasteiger partial charge < -0.3 is 15.8 Å². The van der Waals surface area contributed by atoms with Gasteiger partial charge in [-0.1, -0.05) is 11.6 Å². The third-order valence-corrected chi connectivity index (χ3v) is 3.86. The minimum Gasteiger partial charge on any atom is -0.477 e. The molecule has 0 aliphatic rings. The topological polar surface area (TPSA) is 77.8 Å². The first-order chi connectivity index (χ1) is 7.51. The number of nitrogens with two attached hydrogens (primary N) is 1. The van der Waals surface area contributed by atoms with Crippen molar-refractivity contribution in [2.45, 2.75) is 0 Å². The third kappa shape index (κ3) is 2.70. The van der Waals surface area contributed by atoms with Crippen LogP contribution in [-0.4, -0.2) is 24.3 Å². The second kappa shape index (κ2) is 5.58. The molecule has 0 atom stereocenters. The molecule has 1 heterocycles. The number of carbonyl (C=O) groups is 1. The van der Waals surface area contributed by atoms with Gasteiger partial charge in [0.05, 0.1) is 17.1 Å². The Labute approximate surface area is 110 Å². The van der Waals surface area contributed by atoms with Crippen LogP contribution < -0.4 is 5.32 Å². The lowest BCUT2D eigenvalue weighted by atomic mass is 10.2. The van der Waals surface area contributed by atoms with Crippen LogP contribution in [0.4, 0.5) is 0 Å². The van der Waals surface area contributed by atoms with Gasteiger partial charge >= 0.3 is 5.97 Å². The number of aromatic carboxylic acids is 1. The van der Waals surface area contributed by atoms with Crippen molar-refractivity contribution in [3.05, 3.63) is 25.3 Å². The Kier molecular flexibility index (Phi) is 4.67. The number of halogens is 2. The molecule has 0 aliphatic carbocycles. The van der Waals surface area contributed by atoms with Crippen LogP contribution >= 0.6 is 38.9 Å². The van der Waals surface area contributed by atoms with E-state index in [0.29, 0.717) is 20.1 Å². The standard InChI is InChI=1S/C9H8BrClN2O2S/c1-13-7(5(10)3-12)4-2-6(9(14)15)16-8(4)11/h2-3,12-13H,1H3,(H,14,15)/p+1. The van der Waals surface area contributed by atoms with Gasteiger partial charge in [0, 0.05) is 6.21 Å². The molecule has 0 aliphatic heterocycles. The minimum atomic E-state index is -1.00. The monoisotopic (exact) mass is 323 g/mol. The van der Waals surface area contributed by atoms with Crippen LogP contribution in [0.5, 0.6) is 0 Å². The van der Waals surface area contributed by atoms with Gasteiger partial charge in [0.2, 0.25) is 0 Å². The summed E-state index contributed by atoms with van der Waals surface area (Å²) in [4.78, 5) is 11.0. The fourth-order valence-electron chi connectivity index (χ4n) is 1.16. The largest absolute Gasteiger partial charge is 0.477 e. The smallest absolute Gasteiger partial charge is 0.345 e. The lowest BCUT2D eigenvalue weighted by Crippen LogP contribution is -2.76. The second-order valence-corrected chi connectivity index (χ2v) is 5.31. The van der Waals surface area contributed by atoms with Crippen LogP contribution in [-0.2, 0) is 0 Å². The van der Waals surface area contributed by atoms with E-state index in [0.717, 1.165) is 17.6 Å². The minimum absolute atomic E-state index is 0.185. The van der Waals surface area contributed by atoms with Crippen LogP contribution in [0.2, 0.25) is 4.34 Å². The van der Waals surface area contributed by atoms with Crippen molar-refractivity contribution in [2.24, 2.45) is 0 Å². The molecule has 0 bridgehead atoms. The lowest BCUT2D eigenvalue weighted by Gasteiger charge is -2.00. The molecule has 16 heavy (non-hydrogen) atoms. The highest BCUT2D eigenvalue weighted by Crippen LogP contribution is 2.32. The van der Waals surface area contributed by atoms with Gasteiger partial charge in [-0.2, -0.15) is 0 Å². The van der Waals surface area contributed by atoms with Crippen LogP contribution in [0.15, 0.2) is 10.5 Å². The van der Waals surface area contributed by atoms with Crippen molar-refractivity contribution in [2.75, 3.05) is 7.05 Å². The van der Waals surface area contributed by atoms with Crippen LogP contribution in [0.25, 0.3) is 5.70 Å². The third-order valence-electron chi connectivity index (χ3n) is 1.86. The van der Waals surface area contributed by atoms with E-state index in [1.807, 2.05) is 0 Å². The molecule has 1 aromatic rings. The highest BCUT2D eigenvalue weighted by molar-refractivity contribution is 9.12. The first-order valence-corrected chi connectivity index (χ1v) is 6.22. The van der Waals surface area contributed by atoms with Gasteiger partial charge in [-0.25, -0.2) is 4.79 Å². The van der Waals surface area contributed by atoms with Crippen LogP contribution in [0.3, 0.4) is 0 Å². The Morgan fingerprint density at radius 3 is 2.75 bits per heavy atom. The quantitative estimate of drug-likeness (QED) is 0.741. The van der Waals surface area contributed by atoms with E-state index >= 15 is 0 Å². The average Bonchev–Trinajstić information content (AvgIpc) is 2.62. The number of nitrogens with one attached hydrogen (secondary N) is 1. The summed E-state index contributed by atoms with van der Waals surface area (Å²) >= 11 is 10.2. The Hall–Kier alpha value is -0.690. The molecule has 0 fully saturated rings. The predicted molar refractivity (Wildman–Crippen MR) is 68.8 cm³/mol. The van der Waals surface area contributed by atoms with Crippen molar-refractivity contribution in [1.82, 2.24) is 0 Å². The molecule has 4 nitrogen and oxygen atoms in total. The zero-order chi connectivity index (χ0) is 12.3. The predicted octanol–water partition coefficient (Wildman–Crippen LogP) is 2.01. The zero-order valence-corrected chi connectivity index (χ0v) is 11.4. The lowest BCUT2D eigenvalue weighted by molar-refractivity contribution is -0.530. The Morgan fingerprint density at radius 2 is 2.38 bits per heavy atom. The van der Waals surface area contributed by atoms with Gasteiger partial charge in [0.1, 0.15) is 9.21 Å². The molecule has 4 N–H and O–H groups in total. The molecular weight excluding hydrogens is 316 g/mol. The van der Waals surface area contributed by atoms with Crippen molar-refractivity contribution in [1.29, 1.82) is 5.41 Å². The van der Waals surface area contributed by atoms with Crippen molar-refractivity contribution in [3.63, 3.8) is 0 Å². The summed E-state index contributed by atoms with van der Waals surface area (Å²) in [5, 5.41) is 17.8. The van der Waals surface area contributed by atoms with E-state index in [4.69, 9.17) is 22.1 Å². The molecule has 1 rings (SSSR count). The number of hydrogen-bond donors (Lipinski definition) is 3. The Balaban J connectivity index is 3.32. The Bertz CT molecular complexity index is 470. The van der Waals surface area contributed by atoms with E-state index in [-0.39, 0.29) is 4.88 Å². The maximum atomic E-state index is 10.8. The number of hydrogen-bond acceptors (Lipinski definition) is 3. The van der Waals surface area contributed by atoms with Gasteiger partial charge in [0.25, 0.3) is 0 Å². The number of thiophene rings is 1. The summed E-state index contributed by atoms with van der Waals surface area (Å²) < 4.78 is 0.968. The average molecular weight is 325 g/mol. The summed E-state index contributed by atoms with van der Waals surface area (Å²) in [5.41, 5.74) is 1.34. The van der Waals surface area contributed by atoms with E-state index in [2.05, 4.69) is 15.9 Å². The summed E-state index contributed by atoms with van der Waals surface area (Å²) in [6.07, 6.45) is 1.14. The summed E-state index contributed by atoms with van der Waals surface area (Å²) in [5.74, 6) is -1.00. The summed E-state index contributed by atoms with van der Waals surface area (Å²) in [6, 6.07) is 1.51. The van der Waals surface area contributed by atoms with Gasteiger partial charge in [-0.15, -0.1) is 11.3 Å². The summed E-state index contributed by atoms with van der Waals surface area (Å²) in [6.45, 7) is 0. The number of allylic oxidation sites excluding steroid dienone is 1. The van der Waals surface area contributed by atoms with Crippen molar-refractivity contribution >= 4 is 56.7 Å². The molecular formula is C9H9BrClN2O2S+. The molecule has 86 valence electrons. The van der Waals surface area contributed by atoms with E-state index in [1.165, 1.54) is 6.07 Å². The molecule has 0 unspecified atom stereocenters. The number of carboxylic acids is 1. The number of quaternary nitrogens is 1. The SMILES string of the molecule is C[NH2+]C(=C(Br)C=N)c1cc(C(=O)O)sc1Cl. The van der Waals surface area contributed by atoms with Crippen LogP contribution in [0.1, 0.15) is 15.2 Å². The highest BCUT2D eigenvalue weighted by Gasteiger charge is 2.19. The van der Waals surface area contributed by atoms with Gasteiger partial charge in [-0.3, -0.25) is 0 Å². The molecule has 0 amide bonds. The number of carboxylic acid groups (broad SMARTS) is 1. The molecule has 7 heteroatoms. The maximum Gasteiger partial charge on any atom is 0.345 e. The van der Waals surface area contributed by atoms with Crippen molar-refractivity contribution < 1.29 is 15.2 Å². The fourth-order valence-corrected chi connectivity index (χ4v) is 2.74. The molecule has 0 spiro atoms. The maximum absolute atomic E-state index is 10.8. The van der Waals surface area contributed by atoms with Crippen LogP contribution in [0, 0.1) is 5.41 Å². The van der Waals surface area contributed by atoms with Gasteiger partial charge in [0.15, 0.2) is 5.70 Å². The summed E-state index contributed by atoms with van der Waals surface area (Å²) in [7, 11) is 1.80. The molecule has 0 saturated heterocycles. The van der Waals surface area contributed by atoms with E-state index in [9.17, 15) is 4.79 Å².